The molecule has 0 spiro atoms. The number of aryl methyl sites for hydroxylation is 3. The van der Waals surface area contributed by atoms with Crippen LogP contribution in [0.5, 0.6) is 0 Å². The van der Waals surface area contributed by atoms with Crippen LogP contribution in [-0.2, 0) is 14.8 Å². The molecule has 144 valence electrons. The lowest BCUT2D eigenvalue weighted by molar-refractivity contribution is -0.119. The molecule has 0 aliphatic carbocycles. The van der Waals surface area contributed by atoms with Gasteiger partial charge < -0.3 is 5.32 Å². The van der Waals surface area contributed by atoms with Crippen LogP contribution >= 0.6 is 0 Å². The van der Waals surface area contributed by atoms with Crippen LogP contribution in [0.1, 0.15) is 29.5 Å². The summed E-state index contributed by atoms with van der Waals surface area (Å²) in [6.07, 6.45) is 1.04. The van der Waals surface area contributed by atoms with Crippen LogP contribution < -0.4 is 5.32 Å². The summed E-state index contributed by atoms with van der Waals surface area (Å²) >= 11 is 0. The summed E-state index contributed by atoms with van der Waals surface area (Å²) in [7, 11) is -3.81. The van der Waals surface area contributed by atoms with E-state index < -0.39 is 27.8 Å². The van der Waals surface area contributed by atoms with Gasteiger partial charge in [-0.1, -0.05) is 23.8 Å². The van der Waals surface area contributed by atoms with Crippen LogP contribution in [0.3, 0.4) is 0 Å². The average Bonchev–Trinajstić information content (AvgIpc) is 3.04. The van der Waals surface area contributed by atoms with E-state index in [2.05, 4.69) is 5.32 Å². The zero-order chi connectivity index (χ0) is 19.8. The van der Waals surface area contributed by atoms with Gasteiger partial charge in [-0.05, 0) is 62.9 Å². The fourth-order valence-electron chi connectivity index (χ4n) is 3.77. The molecule has 1 amide bonds. The molecule has 0 radical (unpaired) electrons. The van der Waals surface area contributed by atoms with Gasteiger partial charge in [-0.15, -0.1) is 0 Å². The summed E-state index contributed by atoms with van der Waals surface area (Å²) in [5.41, 5.74) is 2.64. The average molecular weight is 390 g/mol. The first-order valence-corrected chi connectivity index (χ1v) is 10.3. The number of nitrogens with zero attached hydrogens (tertiary/aromatic N) is 1. The Morgan fingerprint density at radius 3 is 2.44 bits per heavy atom. The van der Waals surface area contributed by atoms with Gasteiger partial charge in [0.1, 0.15) is 11.9 Å². The Hall–Kier alpha value is -2.25. The molecule has 3 rings (SSSR count). The van der Waals surface area contributed by atoms with Crippen molar-refractivity contribution in [1.82, 2.24) is 4.31 Å². The lowest BCUT2D eigenvalue weighted by Gasteiger charge is -2.25. The number of halogens is 1. The van der Waals surface area contributed by atoms with Gasteiger partial charge in [0.25, 0.3) is 0 Å². The predicted octanol–water partition coefficient (Wildman–Crippen LogP) is 3.54. The smallest absolute Gasteiger partial charge is 0.244 e. The molecule has 2 aromatic rings. The Kier molecular flexibility index (Phi) is 5.35. The Balaban J connectivity index is 1.90. The standard InChI is InChI=1S/C20H23FN2O3S/c1-13-10-14(2)19(15(3)11-13)27(25,26)23-9-5-8-18(23)20(24)22-17-7-4-6-16(21)12-17/h4,6-7,10-12,18H,5,8-9H2,1-3H3,(H,22,24)/t18-/m1/s1. The number of sulfonamides is 1. The Labute approximate surface area is 159 Å². The van der Waals surface area contributed by atoms with Crippen molar-refractivity contribution in [2.75, 3.05) is 11.9 Å². The van der Waals surface area contributed by atoms with E-state index in [-0.39, 0.29) is 11.4 Å². The third-order valence-electron chi connectivity index (χ3n) is 4.77. The van der Waals surface area contributed by atoms with Gasteiger partial charge in [0.2, 0.25) is 15.9 Å². The lowest BCUT2D eigenvalue weighted by Crippen LogP contribution is -2.43. The molecule has 2 aromatic carbocycles. The highest BCUT2D eigenvalue weighted by Gasteiger charge is 2.40. The highest BCUT2D eigenvalue weighted by Crippen LogP contribution is 2.31. The van der Waals surface area contributed by atoms with Gasteiger partial charge in [0.15, 0.2) is 0 Å². The summed E-state index contributed by atoms with van der Waals surface area (Å²) in [5.74, 6) is -0.904. The molecule has 5 nitrogen and oxygen atoms in total. The maximum Gasteiger partial charge on any atom is 0.244 e. The molecule has 1 heterocycles. The SMILES string of the molecule is Cc1cc(C)c(S(=O)(=O)N2CCC[C@@H]2C(=O)Nc2cccc(F)c2)c(C)c1. The molecule has 1 saturated heterocycles. The normalized spacial score (nSPS) is 17.9. The van der Waals surface area contributed by atoms with Gasteiger partial charge in [-0.2, -0.15) is 4.31 Å². The highest BCUT2D eigenvalue weighted by molar-refractivity contribution is 7.89. The molecule has 0 saturated carbocycles. The summed E-state index contributed by atoms with van der Waals surface area (Å²) in [4.78, 5) is 13.0. The number of hydrogen-bond donors (Lipinski definition) is 1. The Morgan fingerprint density at radius 2 is 1.81 bits per heavy atom. The second kappa shape index (κ2) is 7.40. The number of carbonyl (C=O) groups is 1. The number of hydrogen-bond acceptors (Lipinski definition) is 3. The highest BCUT2D eigenvalue weighted by atomic mass is 32.2. The first-order chi connectivity index (χ1) is 12.7. The van der Waals surface area contributed by atoms with Crippen LogP contribution in [0.15, 0.2) is 41.3 Å². The molecule has 1 aliphatic rings. The number of amides is 1. The van der Waals surface area contributed by atoms with E-state index in [9.17, 15) is 17.6 Å². The first-order valence-electron chi connectivity index (χ1n) is 8.86. The molecule has 1 fully saturated rings. The van der Waals surface area contributed by atoms with Crippen LogP contribution in [-0.4, -0.2) is 31.2 Å². The van der Waals surface area contributed by atoms with Crippen molar-refractivity contribution in [3.05, 3.63) is 58.9 Å². The second-order valence-corrected chi connectivity index (χ2v) is 8.83. The van der Waals surface area contributed by atoms with Crippen LogP contribution in [0.4, 0.5) is 10.1 Å². The zero-order valence-electron chi connectivity index (χ0n) is 15.6. The minimum atomic E-state index is -3.81. The second-order valence-electron chi connectivity index (χ2n) is 7.00. The molecule has 1 N–H and O–H groups in total. The summed E-state index contributed by atoms with van der Waals surface area (Å²) in [6.45, 7) is 5.74. The molecule has 0 bridgehead atoms. The van der Waals surface area contributed by atoms with E-state index in [4.69, 9.17) is 0 Å². The van der Waals surface area contributed by atoms with E-state index in [1.165, 1.54) is 22.5 Å². The van der Waals surface area contributed by atoms with Crippen molar-refractivity contribution in [3.63, 3.8) is 0 Å². The number of rotatable bonds is 4. The van der Waals surface area contributed by atoms with Gasteiger partial charge in [0, 0.05) is 12.2 Å². The van der Waals surface area contributed by atoms with Crippen molar-refractivity contribution >= 4 is 21.6 Å². The third-order valence-corrected chi connectivity index (χ3v) is 6.98. The molecule has 1 aliphatic heterocycles. The molecule has 0 unspecified atom stereocenters. The Bertz CT molecular complexity index is 965. The van der Waals surface area contributed by atoms with Crippen molar-refractivity contribution in [1.29, 1.82) is 0 Å². The van der Waals surface area contributed by atoms with Gasteiger partial charge >= 0.3 is 0 Å². The lowest BCUT2D eigenvalue weighted by atomic mass is 10.1. The topological polar surface area (TPSA) is 66.5 Å². The molecule has 27 heavy (non-hydrogen) atoms. The molecular formula is C20H23FN2O3S. The Morgan fingerprint density at radius 1 is 1.15 bits per heavy atom. The number of carbonyl (C=O) groups excluding carboxylic acids is 1. The van der Waals surface area contributed by atoms with Crippen molar-refractivity contribution in [2.24, 2.45) is 0 Å². The van der Waals surface area contributed by atoms with Crippen molar-refractivity contribution in [3.8, 4) is 0 Å². The largest absolute Gasteiger partial charge is 0.325 e. The summed E-state index contributed by atoms with van der Waals surface area (Å²) < 4.78 is 41.2. The number of benzene rings is 2. The maximum atomic E-state index is 13.3. The summed E-state index contributed by atoms with van der Waals surface area (Å²) in [5, 5.41) is 2.63. The fraction of sp³-hybridized carbons (Fsp3) is 0.350. The van der Waals surface area contributed by atoms with Gasteiger partial charge in [0.05, 0.1) is 4.90 Å². The molecule has 1 atom stereocenters. The van der Waals surface area contributed by atoms with Crippen molar-refractivity contribution in [2.45, 2.75) is 44.6 Å². The molecular weight excluding hydrogens is 367 g/mol. The summed E-state index contributed by atoms with van der Waals surface area (Å²) in [6, 6.07) is 8.41. The monoisotopic (exact) mass is 390 g/mol. The first kappa shape index (κ1) is 19.5. The quantitative estimate of drug-likeness (QED) is 0.868. The molecule has 7 heteroatoms. The van der Waals surface area contributed by atoms with Crippen LogP contribution in [0.25, 0.3) is 0 Å². The van der Waals surface area contributed by atoms with Crippen molar-refractivity contribution < 1.29 is 17.6 Å². The fourth-order valence-corrected chi connectivity index (χ4v) is 5.84. The minimum absolute atomic E-state index is 0.263. The number of nitrogens with one attached hydrogen (secondary N) is 1. The van der Waals surface area contributed by atoms with Gasteiger partial charge in [-0.25, -0.2) is 12.8 Å². The predicted molar refractivity (Wildman–Crippen MR) is 103 cm³/mol. The maximum absolute atomic E-state index is 13.3. The molecule has 0 aromatic heterocycles. The third kappa shape index (κ3) is 3.89. The van der Waals surface area contributed by atoms with E-state index in [1.54, 1.807) is 19.9 Å². The van der Waals surface area contributed by atoms with Crippen LogP contribution in [0, 0.1) is 26.6 Å². The minimum Gasteiger partial charge on any atom is -0.325 e. The van der Waals surface area contributed by atoms with E-state index >= 15 is 0 Å². The number of anilines is 1. The van der Waals surface area contributed by atoms with E-state index in [1.807, 2.05) is 19.1 Å². The van der Waals surface area contributed by atoms with Gasteiger partial charge in [-0.3, -0.25) is 4.79 Å². The zero-order valence-corrected chi connectivity index (χ0v) is 16.4. The van der Waals surface area contributed by atoms with E-state index in [0.717, 1.165) is 5.56 Å². The van der Waals surface area contributed by atoms with Crippen LogP contribution in [0.2, 0.25) is 0 Å². The van der Waals surface area contributed by atoms with E-state index in [0.29, 0.717) is 29.7 Å².